The molecule has 4 heteroatoms. The molecule has 0 aliphatic rings. The number of rotatable bonds is 7. The van der Waals surface area contributed by atoms with Gasteiger partial charge >= 0.3 is 0 Å². The van der Waals surface area contributed by atoms with Gasteiger partial charge in [0.2, 0.25) is 11.2 Å². The summed E-state index contributed by atoms with van der Waals surface area (Å²) in [6.07, 6.45) is 3.23. The first-order chi connectivity index (χ1) is 15.4. The number of benzene rings is 3. The average Bonchev–Trinajstić information content (AvgIpc) is 2.79. The number of aryl methyl sites for hydroxylation is 1. The lowest BCUT2D eigenvalue weighted by Crippen LogP contribution is -2.10. The minimum absolute atomic E-state index is 0.0574. The van der Waals surface area contributed by atoms with Gasteiger partial charge in [-0.3, -0.25) is 4.79 Å². The van der Waals surface area contributed by atoms with Crippen molar-refractivity contribution in [2.75, 3.05) is 6.61 Å². The molecule has 0 fully saturated rings. The van der Waals surface area contributed by atoms with Crippen LogP contribution in [-0.2, 0) is 11.8 Å². The summed E-state index contributed by atoms with van der Waals surface area (Å²) in [7, 11) is 0. The highest BCUT2D eigenvalue weighted by molar-refractivity contribution is 5.79. The number of ether oxygens (including phenoxy) is 2. The van der Waals surface area contributed by atoms with Crippen LogP contribution in [0, 0.1) is 0 Å². The Kier molecular flexibility index (Phi) is 6.31. The maximum atomic E-state index is 12.9. The lowest BCUT2D eigenvalue weighted by atomic mass is 9.87. The van der Waals surface area contributed by atoms with Gasteiger partial charge in [0.1, 0.15) is 23.3 Å². The predicted molar refractivity (Wildman–Crippen MR) is 128 cm³/mol. The molecule has 0 saturated carbocycles. The fraction of sp³-hybridized carbons (Fsp3) is 0.250. The van der Waals surface area contributed by atoms with Gasteiger partial charge in [0.25, 0.3) is 0 Å². The van der Waals surface area contributed by atoms with E-state index in [1.54, 1.807) is 18.2 Å². The third kappa shape index (κ3) is 5.20. The molecule has 3 aromatic carbocycles. The highest BCUT2D eigenvalue weighted by Crippen LogP contribution is 2.27. The first-order valence-electron chi connectivity index (χ1n) is 10.9. The zero-order chi connectivity index (χ0) is 22.6. The van der Waals surface area contributed by atoms with E-state index in [4.69, 9.17) is 13.9 Å². The van der Waals surface area contributed by atoms with Crippen molar-refractivity contribution < 1.29 is 13.9 Å². The van der Waals surface area contributed by atoms with Crippen molar-refractivity contribution in [2.45, 2.75) is 39.0 Å². The Labute approximate surface area is 188 Å². The van der Waals surface area contributed by atoms with Crippen molar-refractivity contribution >= 4 is 11.0 Å². The second-order valence-corrected chi connectivity index (χ2v) is 8.90. The molecule has 0 unspecified atom stereocenters. The Bertz CT molecular complexity index is 1230. The van der Waals surface area contributed by atoms with Crippen LogP contribution in [0.5, 0.6) is 17.2 Å². The number of hydrogen-bond acceptors (Lipinski definition) is 4. The molecule has 0 aliphatic heterocycles. The largest absolute Gasteiger partial charge is 0.493 e. The number of fused-ring (bicyclic) bond motifs is 1. The van der Waals surface area contributed by atoms with Gasteiger partial charge in [0.15, 0.2) is 0 Å². The van der Waals surface area contributed by atoms with Crippen molar-refractivity contribution in [2.24, 2.45) is 0 Å². The van der Waals surface area contributed by atoms with Crippen LogP contribution in [0.4, 0.5) is 0 Å². The summed E-state index contributed by atoms with van der Waals surface area (Å²) in [5.41, 5.74) is 2.82. The summed E-state index contributed by atoms with van der Waals surface area (Å²) >= 11 is 0. The smallest absolute Gasteiger partial charge is 0.235 e. The van der Waals surface area contributed by atoms with E-state index in [1.807, 2.05) is 42.5 Å². The molecule has 32 heavy (non-hydrogen) atoms. The molecule has 4 nitrogen and oxygen atoms in total. The van der Waals surface area contributed by atoms with E-state index < -0.39 is 0 Å². The molecule has 0 saturated heterocycles. The highest BCUT2D eigenvalue weighted by atomic mass is 16.5. The Morgan fingerprint density at radius 1 is 0.875 bits per heavy atom. The molecular weight excluding hydrogens is 400 g/mol. The summed E-state index contributed by atoms with van der Waals surface area (Å²) in [5.74, 6) is 1.45. The Morgan fingerprint density at radius 3 is 2.31 bits per heavy atom. The van der Waals surface area contributed by atoms with E-state index in [0.29, 0.717) is 29.1 Å². The standard InChI is InChI=1S/C28H28O4/c1-28(2,3)21-11-13-22(14-12-21)32-26-19-31-25-18-23(15-16-24(25)27(26)29)30-17-7-10-20-8-5-4-6-9-20/h4-6,8-9,11-16,18-19H,7,10,17H2,1-3H3. The molecule has 0 N–H and O–H groups in total. The van der Waals surface area contributed by atoms with Gasteiger partial charge in [0, 0.05) is 6.07 Å². The molecule has 0 bridgehead atoms. The second kappa shape index (κ2) is 9.31. The van der Waals surface area contributed by atoms with E-state index in [-0.39, 0.29) is 16.6 Å². The summed E-state index contributed by atoms with van der Waals surface area (Å²) in [4.78, 5) is 12.9. The quantitative estimate of drug-likeness (QED) is 0.301. The van der Waals surface area contributed by atoms with Gasteiger partial charge < -0.3 is 13.9 Å². The van der Waals surface area contributed by atoms with Gasteiger partial charge in [-0.25, -0.2) is 0 Å². The van der Waals surface area contributed by atoms with E-state index in [9.17, 15) is 4.79 Å². The summed E-state index contributed by atoms with van der Waals surface area (Å²) in [5, 5.41) is 0.463. The van der Waals surface area contributed by atoms with E-state index in [1.165, 1.54) is 17.4 Å². The molecule has 0 aliphatic carbocycles. The molecule has 0 spiro atoms. The molecule has 4 rings (SSSR count). The SMILES string of the molecule is CC(C)(C)c1ccc(Oc2coc3cc(OCCCc4ccccc4)ccc3c2=O)cc1. The third-order valence-electron chi connectivity index (χ3n) is 5.38. The van der Waals surface area contributed by atoms with Crippen LogP contribution in [0.25, 0.3) is 11.0 Å². The van der Waals surface area contributed by atoms with Crippen molar-refractivity contribution in [1.82, 2.24) is 0 Å². The third-order valence-corrected chi connectivity index (χ3v) is 5.38. The van der Waals surface area contributed by atoms with Gasteiger partial charge in [-0.2, -0.15) is 0 Å². The lowest BCUT2D eigenvalue weighted by molar-refractivity contribution is 0.311. The van der Waals surface area contributed by atoms with Crippen LogP contribution in [0.1, 0.15) is 38.3 Å². The van der Waals surface area contributed by atoms with Crippen LogP contribution in [0.15, 0.2) is 88.3 Å². The molecule has 0 radical (unpaired) electrons. The summed E-state index contributed by atoms with van der Waals surface area (Å²) in [6.45, 7) is 7.06. The van der Waals surface area contributed by atoms with E-state index in [2.05, 4.69) is 32.9 Å². The maximum absolute atomic E-state index is 12.9. The Hall–Kier alpha value is -3.53. The van der Waals surface area contributed by atoms with Crippen LogP contribution >= 0.6 is 0 Å². The zero-order valence-corrected chi connectivity index (χ0v) is 18.8. The van der Waals surface area contributed by atoms with Crippen molar-refractivity contribution in [1.29, 1.82) is 0 Å². The van der Waals surface area contributed by atoms with E-state index in [0.717, 1.165) is 12.8 Å². The highest BCUT2D eigenvalue weighted by Gasteiger charge is 2.14. The fourth-order valence-corrected chi connectivity index (χ4v) is 3.51. The Morgan fingerprint density at radius 2 is 1.59 bits per heavy atom. The van der Waals surface area contributed by atoms with Crippen molar-refractivity contribution in [3.8, 4) is 17.2 Å². The fourth-order valence-electron chi connectivity index (χ4n) is 3.51. The molecule has 1 aromatic heterocycles. The van der Waals surface area contributed by atoms with Crippen LogP contribution in [0.2, 0.25) is 0 Å². The average molecular weight is 429 g/mol. The predicted octanol–water partition coefficient (Wildman–Crippen LogP) is 6.89. The molecule has 164 valence electrons. The summed E-state index contributed by atoms with van der Waals surface area (Å²) in [6, 6.07) is 23.4. The summed E-state index contributed by atoms with van der Waals surface area (Å²) < 4.78 is 17.3. The molecule has 0 atom stereocenters. The first kappa shape index (κ1) is 21.7. The van der Waals surface area contributed by atoms with Crippen molar-refractivity contribution in [3.05, 3.63) is 100 Å². The van der Waals surface area contributed by atoms with Gasteiger partial charge in [0.05, 0.1) is 12.0 Å². The number of hydrogen-bond donors (Lipinski definition) is 0. The van der Waals surface area contributed by atoms with Crippen LogP contribution in [-0.4, -0.2) is 6.61 Å². The zero-order valence-electron chi connectivity index (χ0n) is 18.8. The maximum Gasteiger partial charge on any atom is 0.235 e. The van der Waals surface area contributed by atoms with Gasteiger partial charge in [-0.15, -0.1) is 0 Å². The topological polar surface area (TPSA) is 48.7 Å². The van der Waals surface area contributed by atoms with Crippen molar-refractivity contribution in [3.63, 3.8) is 0 Å². The minimum Gasteiger partial charge on any atom is -0.493 e. The van der Waals surface area contributed by atoms with Crippen LogP contribution < -0.4 is 14.9 Å². The first-order valence-corrected chi connectivity index (χ1v) is 10.9. The molecule has 4 aromatic rings. The molecular formula is C28H28O4. The Balaban J connectivity index is 1.42. The van der Waals surface area contributed by atoms with Gasteiger partial charge in [-0.05, 0) is 53.6 Å². The molecule has 1 heterocycles. The minimum atomic E-state index is -0.207. The van der Waals surface area contributed by atoms with Gasteiger partial charge in [-0.1, -0.05) is 63.2 Å². The second-order valence-electron chi connectivity index (χ2n) is 8.90. The van der Waals surface area contributed by atoms with Crippen LogP contribution in [0.3, 0.4) is 0 Å². The monoisotopic (exact) mass is 428 g/mol. The lowest BCUT2D eigenvalue weighted by Gasteiger charge is -2.19. The molecule has 0 amide bonds. The van der Waals surface area contributed by atoms with E-state index >= 15 is 0 Å². The normalized spacial score (nSPS) is 11.5.